The van der Waals surface area contributed by atoms with Gasteiger partial charge in [0.15, 0.2) is 5.69 Å². The Morgan fingerprint density at radius 2 is 2.13 bits per heavy atom. The van der Waals surface area contributed by atoms with Gasteiger partial charge >= 0.3 is 5.69 Å². The van der Waals surface area contributed by atoms with Gasteiger partial charge < -0.3 is 15.4 Å². The van der Waals surface area contributed by atoms with Crippen molar-refractivity contribution in [3.63, 3.8) is 0 Å². The molecular weight excluding hydrogens is 324 g/mol. The van der Waals surface area contributed by atoms with Crippen molar-refractivity contribution in [2.45, 2.75) is 38.6 Å². The standard InChI is InChI=1S/C14H23ClN4O4/c1-4-5-6-19-11(16)10(12(20)17-14(19)22)18(7-8-23-3)13(21)9(2)15/h9H,4-8,16H2,1-3H3,(H,17,20,22)/t9-/m1/s1. The Bertz CT molecular complexity index is 653. The van der Waals surface area contributed by atoms with E-state index in [2.05, 4.69) is 4.98 Å². The summed E-state index contributed by atoms with van der Waals surface area (Å²) >= 11 is 5.86. The summed E-state index contributed by atoms with van der Waals surface area (Å²) in [4.78, 5) is 39.8. The first-order valence-corrected chi connectivity index (χ1v) is 7.85. The Morgan fingerprint density at radius 1 is 1.48 bits per heavy atom. The summed E-state index contributed by atoms with van der Waals surface area (Å²) in [5, 5.41) is -0.846. The van der Waals surface area contributed by atoms with Crippen LogP contribution in [0, 0.1) is 0 Å². The van der Waals surface area contributed by atoms with E-state index in [1.54, 1.807) is 0 Å². The van der Waals surface area contributed by atoms with Crippen LogP contribution in [0.25, 0.3) is 0 Å². The minimum Gasteiger partial charge on any atom is -0.383 e. The molecule has 0 radical (unpaired) electrons. The number of aromatic amines is 1. The van der Waals surface area contributed by atoms with Crippen molar-refractivity contribution in [3.8, 4) is 0 Å². The predicted molar refractivity (Wildman–Crippen MR) is 90.2 cm³/mol. The molecule has 0 fully saturated rings. The van der Waals surface area contributed by atoms with Gasteiger partial charge in [0.05, 0.1) is 6.61 Å². The SMILES string of the molecule is CCCCn1c(N)c(N(CCOC)C(=O)[C@@H](C)Cl)c(=O)[nH]c1=O. The van der Waals surface area contributed by atoms with E-state index >= 15 is 0 Å². The fourth-order valence-corrected chi connectivity index (χ4v) is 2.22. The van der Waals surface area contributed by atoms with Crippen LogP contribution in [0.3, 0.4) is 0 Å². The zero-order valence-corrected chi connectivity index (χ0v) is 14.4. The number of rotatable bonds is 8. The molecule has 130 valence electrons. The zero-order chi connectivity index (χ0) is 17.6. The number of halogens is 1. The molecule has 0 saturated carbocycles. The number of nitrogen functional groups attached to an aromatic ring is 1. The van der Waals surface area contributed by atoms with Gasteiger partial charge in [-0.2, -0.15) is 0 Å². The lowest BCUT2D eigenvalue weighted by molar-refractivity contribution is -0.118. The van der Waals surface area contributed by atoms with E-state index in [9.17, 15) is 14.4 Å². The average molecular weight is 347 g/mol. The van der Waals surface area contributed by atoms with Crippen LogP contribution in [0.5, 0.6) is 0 Å². The molecule has 1 atom stereocenters. The van der Waals surface area contributed by atoms with E-state index in [-0.39, 0.29) is 24.7 Å². The summed E-state index contributed by atoms with van der Waals surface area (Å²) in [6, 6.07) is 0. The average Bonchev–Trinajstić information content (AvgIpc) is 2.49. The van der Waals surface area contributed by atoms with Crippen molar-refractivity contribution in [2.24, 2.45) is 0 Å². The van der Waals surface area contributed by atoms with Crippen molar-refractivity contribution in [3.05, 3.63) is 20.8 Å². The molecule has 9 heteroatoms. The number of nitrogens with two attached hydrogens (primary N) is 1. The highest BCUT2D eigenvalue weighted by Gasteiger charge is 2.26. The molecule has 0 unspecified atom stereocenters. The molecule has 0 bridgehead atoms. The summed E-state index contributed by atoms with van der Waals surface area (Å²) in [5.74, 6) is -0.532. The summed E-state index contributed by atoms with van der Waals surface area (Å²) < 4.78 is 6.22. The van der Waals surface area contributed by atoms with Crippen LogP contribution >= 0.6 is 11.6 Å². The molecular formula is C14H23ClN4O4. The van der Waals surface area contributed by atoms with Gasteiger partial charge in [0.25, 0.3) is 5.56 Å². The Labute approximate surface area is 139 Å². The maximum atomic E-state index is 12.3. The molecule has 1 heterocycles. The fourth-order valence-electron chi connectivity index (χ4n) is 2.11. The van der Waals surface area contributed by atoms with Crippen LogP contribution in [-0.4, -0.2) is 41.1 Å². The van der Waals surface area contributed by atoms with Crippen LogP contribution < -0.4 is 21.9 Å². The number of unbranched alkanes of at least 4 members (excludes halogenated alkanes) is 1. The maximum absolute atomic E-state index is 12.3. The first kappa shape index (κ1) is 19.2. The quantitative estimate of drug-likeness (QED) is 0.667. The van der Waals surface area contributed by atoms with Crippen LogP contribution in [-0.2, 0) is 16.1 Å². The van der Waals surface area contributed by atoms with Crippen molar-refractivity contribution in [1.29, 1.82) is 0 Å². The first-order valence-electron chi connectivity index (χ1n) is 7.42. The van der Waals surface area contributed by atoms with E-state index in [4.69, 9.17) is 22.1 Å². The van der Waals surface area contributed by atoms with Crippen molar-refractivity contribution in [1.82, 2.24) is 9.55 Å². The minimum atomic E-state index is -0.846. The molecule has 8 nitrogen and oxygen atoms in total. The number of anilines is 2. The molecule has 23 heavy (non-hydrogen) atoms. The van der Waals surface area contributed by atoms with E-state index in [1.807, 2.05) is 6.92 Å². The molecule has 1 amide bonds. The van der Waals surface area contributed by atoms with Crippen molar-refractivity contribution >= 4 is 29.0 Å². The molecule has 1 rings (SSSR count). The Kier molecular flexibility index (Phi) is 7.31. The van der Waals surface area contributed by atoms with E-state index in [0.717, 1.165) is 11.3 Å². The molecule has 0 aliphatic rings. The Morgan fingerprint density at radius 3 is 2.65 bits per heavy atom. The molecule has 0 saturated heterocycles. The number of H-pyrrole nitrogens is 1. The van der Waals surface area contributed by atoms with Gasteiger partial charge in [-0.25, -0.2) is 4.79 Å². The normalized spacial score (nSPS) is 12.2. The number of aromatic nitrogens is 2. The summed E-state index contributed by atoms with van der Waals surface area (Å²) in [7, 11) is 1.47. The van der Waals surface area contributed by atoms with E-state index < -0.39 is 22.5 Å². The number of nitrogens with one attached hydrogen (secondary N) is 1. The zero-order valence-electron chi connectivity index (χ0n) is 13.6. The monoisotopic (exact) mass is 346 g/mol. The Balaban J connectivity index is 3.43. The number of alkyl halides is 1. The van der Waals surface area contributed by atoms with E-state index in [0.29, 0.717) is 13.0 Å². The number of hydrogen-bond donors (Lipinski definition) is 2. The van der Waals surface area contributed by atoms with E-state index in [1.165, 1.54) is 18.6 Å². The predicted octanol–water partition coefficient (Wildman–Crippen LogP) is 0.526. The van der Waals surface area contributed by atoms with Gasteiger partial charge in [-0.3, -0.25) is 19.1 Å². The molecule has 0 aromatic carbocycles. The highest BCUT2D eigenvalue weighted by atomic mass is 35.5. The summed E-state index contributed by atoms with van der Waals surface area (Å²) in [5.41, 5.74) is 4.61. The lowest BCUT2D eigenvalue weighted by Crippen LogP contribution is -2.44. The van der Waals surface area contributed by atoms with Crippen LogP contribution in [0.1, 0.15) is 26.7 Å². The molecule has 0 aliphatic carbocycles. The van der Waals surface area contributed by atoms with Gasteiger partial charge in [-0.1, -0.05) is 13.3 Å². The second-order valence-corrected chi connectivity index (χ2v) is 5.75. The third-order valence-corrected chi connectivity index (χ3v) is 3.53. The van der Waals surface area contributed by atoms with Crippen LogP contribution in [0.4, 0.5) is 11.5 Å². The second kappa shape index (κ2) is 8.73. The van der Waals surface area contributed by atoms with Gasteiger partial charge in [-0.05, 0) is 13.3 Å². The van der Waals surface area contributed by atoms with Gasteiger partial charge in [0, 0.05) is 20.2 Å². The topological polar surface area (TPSA) is 110 Å². The molecule has 1 aromatic rings. The number of ether oxygens (including phenoxy) is 1. The molecule has 3 N–H and O–H groups in total. The number of methoxy groups -OCH3 is 1. The molecule has 1 aromatic heterocycles. The lowest BCUT2D eigenvalue weighted by atomic mass is 10.3. The summed E-state index contributed by atoms with van der Waals surface area (Å²) in [6.45, 7) is 4.13. The highest BCUT2D eigenvalue weighted by Crippen LogP contribution is 2.19. The van der Waals surface area contributed by atoms with Crippen LogP contribution in [0.15, 0.2) is 9.59 Å². The lowest BCUT2D eigenvalue weighted by Gasteiger charge is -2.25. The summed E-state index contributed by atoms with van der Waals surface area (Å²) in [6.07, 6.45) is 1.57. The second-order valence-electron chi connectivity index (χ2n) is 5.10. The van der Waals surface area contributed by atoms with Crippen LogP contribution in [0.2, 0.25) is 0 Å². The Hall–Kier alpha value is -1.80. The largest absolute Gasteiger partial charge is 0.383 e. The number of hydrogen-bond acceptors (Lipinski definition) is 5. The highest BCUT2D eigenvalue weighted by molar-refractivity contribution is 6.32. The maximum Gasteiger partial charge on any atom is 0.330 e. The molecule has 0 spiro atoms. The third-order valence-electron chi connectivity index (χ3n) is 3.34. The third kappa shape index (κ3) is 4.59. The number of nitrogens with zero attached hydrogens (tertiary/aromatic N) is 2. The molecule has 0 aliphatic heterocycles. The number of carbonyl (C=O) groups is 1. The number of amides is 1. The minimum absolute atomic E-state index is 0.0473. The van der Waals surface area contributed by atoms with Crippen molar-refractivity contribution in [2.75, 3.05) is 30.9 Å². The fraction of sp³-hybridized carbons (Fsp3) is 0.643. The smallest absolute Gasteiger partial charge is 0.330 e. The van der Waals surface area contributed by atoms with Gasteiger partial charge in [-0.15, -0.1) is 11.6 Å². The van der Waals surface area contributed by atoms with Crippen molar-refractivity contribution < 1.29 is 9.53 Å². The van der Waals surface area contributed by atoms with Gasteiger partial charge in [0.1, 0.15) is 11.2 Å². The van der Waals surface area contributed by atoms with Gasteiger partial charge in [0.2, 0.25) is 5.91 Å². The number of carbonyl (C=O) groups excluding carboxylic acids is 1. The first-order chi connectivity index (χ1) is 10.8.